The molecule has 0 bridgehead atoms. The number of hydrogen-bond acceptors (Lipinski definition) is 2. The van der Waals surface area contributed by atoms with Gasteiger partial charge in [0.2, 0.25) is 0 Å². The Labute approximate surface area is 105 Å². The SMILES string of the molecule is COc1ccc(Cl)cc1NC(=O)NCC1CC1. The number of methoxy groups -OCH3 is 1. The molecule has 1 aromatic rings. The summed E-state index contributed by atoms with van der Waals surface area (Å²) < 4.78 is 5.14. The molecule has 2 N–H and O–H groups in total. The predicted octanol–water partition coefficient (Wildman–Crippen LogP) is 2.88. The second-order valence-electron chi connectivity index (χ2n) is 4.12. The molecule has 1 saturated carbocycles. The maximum absolute atomic E-state index is 11.6. The molecule has 0 aromatic heterocycles. The number of ether oxygens (including phenoxy) is 1. The number of amides is 2. The van der Waals surface area contributed by atoms with Gasteiger partial charge >= 0.3 is 6.03 Å². The number of urea groups is 1. The lowest BCUT2D eigenvalue weighted by atomic mass is 10.3. The van der Waals surface area contributed by atoms with E-state index in [1.165, 1.54) is 12.8 Å². The quantitative estimate of drug-likeness (QED) is 0.868. The number of carbonyl (C=O) groups is 1. The fraction of sp³-hybridized carbons (Fsp3) is 0.417. The highest BCUT2D eigenvalue weighted by molar-refractivity contribution is 6.31. The Hall–Kier alpha value is -1.42. The van der Waals surface area contributed by atoms with Crippen LogP contribution in [0.3, 0.4) is 0 Å². The first kappa shape index (κ1) is 12.0. The summed E-state index contributed by atoms with van der Waals surface area (Å²) in [6, 6.07) is 4.88. The first-order valence-corrected chi connectivity index (χ1v) is 5.95. The summed E-state index contributed by atoms with van der Waals surface area (Å²) >= 11 is 5.87. The Morgan fingerprint density at radius 3 is 2.94 bits per heavy atom. The number of hydrogen-bond donors (Lipinski definition) is 2. The van der Waals surface area contributed by atoms with E-state index in [0.29, 0.717) is 22.4 Å². The van der Waals surface area contributed by atoms with Crippen molar-refractivity contribution < 1.29 is 9.53 Å². The smallest absolute Gasteiger partial charge is 0.319 e. The molecule has 92 valence electrons. The van der Waals surface area contributed by atoms with E-state index < -0.39 is 0 Å². The van der Waals surface area contributed by atoms with Crippen molar-refractivity contribution in [2.75, 3.05) is 19.0 Å². The summed E-state index contributed by atoms with van der Waals surface area (Å²) in [7, 11) is 1.55. The highest BCUT2D eigenvalue weighted by Crippen LogP contribution is 2.29. The van der Waals surface area contributed by atoms with Crippen molar-refractivity contribution in [3.05, 3.63) is 23.2 Å². The molecule has 2 amide bonds. The Bertz CT molecular complexity index is 419. The minimum atomic E-state index is -0.225. The molecule has 1 aromatic carbocycles. The fourth-order valence-electron chi connectivity index (χ4n) is 1.50. The minimum Gasteiger partial charge on any atom is -0.495 e. The van der Waals surface area contributed by atoms with Crippen molar-refractivity contribution >= 4 is 23.3 Å². The van der Waals surface area contributed by atoms with Crippen molar-refractivity contribution in [2.24, 2.45) is 5.92 Å². The zero-order valence-electron chi connectivity index (χ0n) is 9.63. The van der Waals surface area contributed by atoms with Crippen LogP contribution < -0.4 is 15.4 Å². The Kier molecular flexibility index (Phi) is 3.74. The molecule has 0 spiro atoms. The Morgan fingerprint density at radius 2 is 2.29 bits per heavy atom. The van der Waals surface area contributed by atoms with Crippen LogP contribution in [0, 0.1) is 5.92 Å². The molecule has 4 nitrogen and oxygen atoms in total. The largest absolute Gasteiger partial charge is 0.495 e. The number of halogens is 1. The fourth-order valence-corrected chi connectivity index (χ4v) is 1.68. The van der Waals surface area contributed by atoms with E-state index in [1.807, 2.05) is 0 Å². The zero-order chi connectivity index (χ0) is 12.3. The third-order valence-electron chi connectivity index (χ3n) is 2.66. The van der Waals surface area contributed by atoms with Gasteiger partial charge in [-0.05, 0) is 37.0 Å². The van der Waals surface area contributed by atoms with Crippen molar-refractivity contribution in [3.8, 4) is 5.75 Å². The average molecular weight is 255 g/mol. The second kappa shape index (κ2) is 5.27. The Balaban J connectivity index is 1.95. The van der Waals surface area contributed by atoms with Gasteiger partial charge in [0.25, 0.3) is 0 Å². The summed E-state index contributed by atoms with van der Waals surface area (Å²) in [5, 5.41) is 6.10. The summed E-state index contributed by atoms with van der Waals surface area (Å²) in [6.07, 6.45) is 2.42. The molecule has 0 heterocycles. The first-order valence-electron chi connectivity index (χ1n) is 5.57. The van der Waals surface area contributed by atoms with Crippen LogP contribution in [-0.4, -0.2) is 19.7 Å². The van der Waals surface area contributed by atoms with E-state index in [1.54, 1.807) is 25.3 Å². The molecule has 0 saturated heterocycles. The third kappa shape index (κ3) is 3.53. The molecule has 0 aliphatic heterocycles. The van der Waals surface area contributed by atoms with Gasteiger partial charge in [-0.25, -0.2) is 4.79 Å². The molecule has 1 aliphatic carbocycles. The molecule has 1 fully saturated rings. The lowest BCUT2D eigenvalue weighted by Crippen LogP contribution is -2.30. The van der Waals surface area contributed by atoms with Gasteiger partial charge in [-0.15, -0.1) is 0 Å². The molecular weight excluding hydrogens is 240 g/mol. The summed E-state index contributed by atoms with van der Waals surface area (Å²) in [6.45, 7) is 0.731. The second-order valence-corrected chi connectivity index (χ2v) is 4.56. The molecule has 2 rings (SSSR count). The normalized spacial score (nSPS) is 14.2. The predicted molar refractivity (Wildman–Crippen MR) is 67.7 cm³/mol. The molecule has 5 heteroatoms. The van der Waals surface area contributed by atoms with Crippen LogP contribution in [0.15, 0.2) is 18.2 Å². The van der Waals surface area contributed by atoms with Gasteiger partial charge in [-0.3, -0.25) is 0 Å². The summed E-state index contributed by atoms with van der Waals surface area (Å²) in [5.74, 6) is 1.25. The monoisotopic (exact) mass is 254 g/mol. The number of anilines is 1. The van der Waals surface area contributed by atoms with E-state index in [-0.39, 0.29) is 6.03 Å². The van der Waals surface area contributed by atoms with Gasteiger partial charge in [0.15, 0.2) is 0 Å². The van der Waals surface area contributed by atoms with Crippen LogP contribution in [0.25, 0.3) is 0 Å². The van der Waals surface area contributed by atoms with Gasteiger partial charge in [0, 0.05) is 11.6 Å². The van der Waals surface area contributed by atoms with Crippen LogP contribution in [0.4, 0.5) is 10.5 Å². The van der Waals surface area contributed by atoms with Crippen LogP contribution in [0.5, 0.6) is 5.75 Å². The Morgan fingerprint density at radius 1 is 1.53 bits per heavy atom. The maximum Gasteiger partial charge on any atom is 0.319 e. The van der Waals surface area contributed by atoms with Crippen molar-refractivity contribution in [1.29, 1.82) is 0 Å². The maximum atomic E-state index is 11.6. The zero-order valence-corrected chi connectivity index (χ0v) is 10.4. The highest BCUT2D eigenvalue weighted by Gasteiger charge is 2.21. The number of benzene rings is 1. The molecule has 0 radical (unpaired) electrons. The van der Waals surface area contributed by atoms with Gasteiger partial charge in [0.05, 0.1) is 12.8 Å². The number of rotatable bonds is 4. The van der Waals surface area contributed by atoms with Crippen LogP contribution >= 0.6 is 11.6 Å². The van der Waals surface area contributed by atoms with Crippen LogP contribution in [-0.2, 0) is 0 Å². The van der Waals surface area contributed by atoms with E-state index in [9.17, 15) is 4.79 Å². The van der Waals surface area contributed by atoms with E-state index in [2.05, 4.69) is 10.6 Å². The number of nitrogens with one attached hydrogen (secondary N) is 2. The summed E-state index contributed by atoms with van der Waals surface area (Å²) in [5.41, 5.74) is 0.577. The highest BCUT2D eigenvalue weighted by atomic mass is 35.5. The van der Waals surface area contributed by atoms with E-state index >= 15 is 0 Å². The first-order chi connectivity index (χ1) is 8.19. The number of carbonyl (C=O) groups excluding carboxylic acids is 1. The molecule has 1 aliphatic rings. The van der Waals surface area contributed by atoms with Crippen LogP contribution in [0.1, 0.15) is 12.8 Å². The summed E-state index contributed by atoms with van der Waals surface area (Å²) in [4.78, 5) is 11.6. The standard InChI is InChI=1S/C12H15ClN2O2/c1-17-11-5-4-9(13)6-10(11)15-12(16)14-7-8-2-3-8/h4-6,8H,2-3,7H2,1H3,(H2,14,15,16). The molecule has 0 atom stereocenters. The van der Waals surface area contributed by atoms with Crippen molar-refractivity contribution in [2.45, 2.75) is 12.8 Å². The van der Waals surface area contributed by atoms with Gasteiger partial charge in [-0.2, -0.15) is 0 Å². The van der Waals surface area contributed by atoms with E-state index in [4.69, 9.17) is 16.3 Å². The minimum absolute atomic E-state index is 0.225. The molecule has 0 unspecified atom stereocenters. The third-order valence-corrected chi connectivity index (χ3v) is 2.89. The van der Waals surface area contributed by atoms with Gasteiger partial charge in [-0.1, -0.05) is 11.6 Å². The van der Waals surface area contributed by atoms with Gasteiger partial charge < -0.3 is 15.4 Å². The lowest BCUT2D eigenvalue weighted by molar-refractivity contribution is 0.251. The van der Waals surface area contributed by atoms with Crippen molar-refractivity contribution in [3.63, 3.8) is 0 Å². The van der Waals surface area contributed by atoms with Crippen LogP contribution in [0.2, 0.25) is 5.02 Å². The molecular formula is C12H15ClN2O2. The average Bonchev–Trinajstić information content (AvgIpc) is 3.10. The topological polar surface area (TPSA) is 50.4 Å². The van der Waals surface area contributed by atoms with Crippen molar-refractivity contribution in [1.82, 2.24) is 5.32 Å². The van der Waals surface area contributed by atoms with E-state index in [0.717, 1.165) is 6.54 Å². The van der Waals surface area contributed by atoms with Gasteiger partial charge in [0.1, 0.15) is 5.75 Å². The lowest BCUT2D eigenvalue weighted by Gasteiger charge is -2.11. The molecule has 17 heavy (non-hydrogen) atoms.